The molecule has 0 bridgehead atoms. The molecule has 1 aliphatic rings. The molecular formula is C5H7F2NO2. The molecule has 1 amide bonds. The van der Waals surface area contributed by atoms with E-state index in [2.05, 4.69) is 0 Å². The highest BCUT2D eigenvalue weighted by atomic mass is 19.3. The second-order valence-corrected chi connectivity index (χ2v) is 2.18. The summed E-state index contributed by atoms with van der Waals surface area (Å²) in [5, 5.41) is 10.6. The minimum Gasteiger partial charge on any atom is -0.386 e. The van der Waals surface area contributed by atoms with E-state index in [1.165, 1.54) is 0 Å². The summed E-state index contributed by atoms with van der Waals surface area (Å²) in [7, 11) is 0. The fraction of sp³-hybridized carbons (Fsp3) is 0.800. The van der Waals surface area contributed by atoms with Crippen molar-refractivity contribution in [2.75, 3.05) is 6.54 Å². The van der Waals surface area contributed by atoms with Crippen molar-refractivity contribution in [3.8, 4) is 0 Å². The Morgan fingerprint density at radius 3 is 2.70 bits per heavy atom. The van der Waals surface area contributed by atoms with Crippen LogP contribution in [0.25, 0.3) is 0 Å². The maximum Gasteiger partial charge on any atom is 0.349 e. The van der Waals surface area contributed by atoms with Crippen LogP contribution in [0.2, 0.25) is 0 Å². The third-order valence-electron chi connectivity index (χ3n) is 1.42. The lowest BCUT2D eigenvalue weighted by atomic mass is 10.1. The number of carbonyl (C=O) groups excluding carboxylic acids is 1. The van der Waals surface area contributed by atoms with Crippen molar-refractivity contribution in [3.63, 3.8) is 0 Å². The first-order valence-electron chi connectivity index (χ1n) is 2.89. The number of piperidine rings is 1. The number of aliphatic hydroxyl groups is 1. The Labute approximate surface area is 56.0 Å². The molecule has 1 fully saturated rings. The van der Waals surface area contributed by atoms with Crippen LogP contribution in [0.4, 0.5) is 8.78 Å². The van der Waals surface area contributed by atoms with E-state index in [9.17, 15) is 13.6 Å². The lowest BCUT2D eigenvalue weighted by Crippen LogP contribution is -2.54. The van der Waals surface area contributed by atoms with Gasteiger partial charge in [0.15, 0.2) is 0 Å². The highest BCUT2D eigenvalue weighted by Crippen LogP contribution is 2.23. The van der Waals surface area contributed by atoms with Crippen LogP contribution in [0.5, 0.6) is 0 Å². The van der Waals surface area contributed by atoms with Crippen LogP contribution >= 0.6 is 0 Å². The average molecular weight is 151 g/mol. The maximum absolute atomic E-state index is 12.3. The van der Waals surface area contributed by atoms with Gasteiger partial charge in [0.2, 0.25) is 0 Å². The Bertz CT molecular complexity index is 160. The number of hydrogen-bond acceptors (Lipinski definition) is 2. The van der Waals surface area contributed by atoms with Crippen molar-refractivity contribution in [3.05, 3.63) is 0 Å². The third-order valence-corrected chi connectivity index (χ3v) is 1.42. The van der Waals surface area contributed by atoms with E-state index >= 15 is 0 Å². The van der Waals surface area contributed by atoms with Crippen LogP contribution in [0.3, 0.4) is 0 Å². The van der Waals surface area contributed by atoms with Gasteiger partial charge in [-0.3, -0.25) is 4.79 Å². The van der Waals surface area contributed by atoms with Gasteiger partial charge in [-0.15, -0.1) is 0 Å². The largest absolute Gasteiger partial charge is 0.386 e. The number of rotatable bonds is 0. The summed E-state index contributed by atoms with van der Waals surface area (Å²) in [4.78, 5) is 10.3. The average Bonchev–Trinajstić information content (AvgIpc) is 1.84. The molecule has 0 saturated carbocycles. The summed E-state index contributed by atoms with van der Waals surface area (Å²) in [6, 6.07) is 0. The van der Waals surface area contributed by atoms with Gasteiger partial charge in [0.25, 0.3) is 5.91 Å². The number of amides is 1. The molecule has 1 unspecified atom stereocenters. The molecule has 0 aromatic carbocycles. The zero-order valence-corrected chi connectivity index (χ0v) is 5.10. The van der Waals surface area contributed by atoms with Gasteiger partial charge in [0.05, 0.1) is 0 Å². The number of aliphatic hydroxyl groups excluding tert-OH is 1. The van der Waals surface area contributed by atoms with Gasteiger partial charge in [-0.1, -0.05) is 0 Å². The Kier molecular flexibility index (Phi) is 1.60. The Morgan fingerprint density at radius 2 is 2.30 bits per heavy atom. The molecule has 1 atom stereocenters. The molecule has 2 N–H and O–H groups in total. The van der Waals surface area contributed by atoms with Crippen LogP contribution < -0.4 is 5.32 Å². The smallest absolute Gasteiger partial charge is 0.349 e. The van der Waals surface area contributed by atoms with Crippen molar-refractivity contribution in [1.29, 1.82) is 0 Å². The summed E-state index contributed by atoms with van der Waals surface area (Å²) in [6.07, 6.45) is -1.90. The lowest BCUT2D eigenvalue weighted by molar-refractivity contribution is -0.169. The molecule has 1 rings (SSSR count). The van der Waals surface area contributed by atoms with Crippen molar-refractivity contribution < 1.29 is 18.7 Å². The van der Waals surface area contributed by atoms with E-state index < -0.39 is 17.9 Å². The van der Waals surface area contributed by atoms with E-state index in [0.29, 0.717) is 0 Å². The van der Waals surface area contributed by atoms with Gasteiger partial charge in [-0.25, -0.2) is 0 Å². The monoisotopic (exact) mass is 151 g/mol. The van der Waals surface area contributed by atoms with Crippen LogP contribution in [0, 0.1) is 0 Å². The number of nitrogens with one attached hydrogen (secondary N) is 1. The highest BCUT2D eigenvalue weighted by Gasteiger charge is 2.48. The first-order chi connectivity index (χ1) is 4.55. The van der Waals surface area contributed by atoms with Gasteiger partial charge in [-0.2, -0.15) is 8.78 Å². The SMILES string of the molecule is O=C1NCCC(O)C1(F)F. The summed E-state index contributed by atoms with van der Waals surface area (Å²) in [6.45, 7) is 0.121. The minimum atomic E-state index is -3.60. The molecule has 0 aromatic rings. The van der Waals surface area contributed by atoms with E-state index in [1.54, 1.807) is 0 Å². The topological polar surface area (TPSA) is 49.3 Å². The lowest BCUT2D eigenvalue weighted by Gasteiger charge is -2.26. The zero-order chi connectivity index (χ0) is 7.78. The van der Waals surface area contributed by atoms with Crippen LogP contribution in [0.1, 0.15) is 6.42 Å². The van der Waals surface area contributed by atoms with Crippen LogP contribution in [-0.4, -0.2) is 29.6 Å². The van der Waals surface area contributed by atoms with Gasteiger partial charge < -0.3 is 10.4 Å². The third kappa shape index (κ3) is 0.965. The Morgan fingerprint density at radius 1 is 1.70 bits per heavy atom. The molecule has 58 valence electrons. The number of hydrogen-bond donors (Lipinski definition) is 2. The molecule has 5 heteroatoms. The fourth-order valence-electron chi connectivity index (χ4n) is 0.773. The first kappa shape index (κ1) is 7.40. The highest BCUT2D eigenvalue weighted by molar-refractivity contribution is 5.84. The molecule has 0 spiro atoms. The van der Waals surface area contributed by atoms with E-state index in [1.807, 2.05) is 5.32 Å². The number of carbonyl (C=O) groups is 1. The van der Waals surface area contributed by atoms with E-state index in [4.69, 9.17) is 5.11 Å². The van der Waals surface area contributed by atoms with Gasteiger partial charge in [-0.05, 0) is 6.42 Å². The molecule has 1 heterocycles. The Hall–Kier alpha value is -0.710. The van der Waals surface area contributed by atoms with Crippen molar-refractivity contribution in [2.45, 2.75) is 18.4 Å². The fourth-order valence-corrected chi connectivity index (χ4v) is 0.773. The van der Waals surface area contributed by atoms with Crippen LogP contribution in [0.15, 0.2) is 0 Å². The summed E-state index contributed by atoms with van der Waals surface area (Å²) < 4.78 is 24.7. The second-order valence-electron chi connectivity index (χ2n) is 2.18. The molecule has 3 nitrogen and oxygen atoms in total. The first-order valence-corrected chi connectivity index (χ1v) is 2.89. The molecule has 0 aliphatic carbocycles. The standard InChI is InChI=1S/C5H7F2NO2/c6-5(7)3(9)1-2-8-4(5)10/h3,9H,1-2H2,(H,8,10). The minimum absolute atomic E-state index is 0.0846. The predicted molar refractivity (Wildman–Crippen MR) is 28.6 cm³/mol. The van der Waals surface area contributed by atoms with Gasteiger partial charge >= 0.3 is 5.92 Å². The van der Waals surface area contributed by atoms with E-state index in [-0.39, 0.29) is 13.0 Å². The maximum atomic E-state index is 12.3. The quantitative estimate of drug-likeness (QED) is 0.490. The zero-order valence-electron chi connectivity index (χ0n) is 5.10. The summed E-state index contributed by atoms with van der Waals surface area (Å²) in [5.74, 6) is -4.98. The molecule has 1 aliphatic heterocycles. The van der Waals surface area contributed by atoms with Gasteiger partial charge in [0.1, 0.15) is 6.10 Å². The second kappa shape index (κ2) is 2.16. The molecule has 1 saturated heterocycles. The molecule has 10 heavy (non-hydrogen) atoms. The van der Waals surface area contributed by atoms with Crippen molar-refractivity contribution >= 4 is 5.91 Å². The Balaban J connectivity index is 2.73. The normalized spacial score (nSPS) is 31.5. The van der Waals surface area contributed by atoms with Crippen molar-refractivity contribution in [2.24, 2.45) is 0 Å². The molecule has 0 radical (unpaired) electrons. The summed E-state index contributed by atoms with van der Waals surface area (Å²) in [5.41, 5.74) is 0. The molecular weight excluding hydrogens is 144 g/mol. The van der Waals surface area contributed by atoms with Crippen LogP contribution in [-0.2, 0) is 4.79 Å². The van der Waals surface area contributed by atoms with Crippen molar-refractivity contribution in [1.82, 2.24) is 5.32 Å². The van der Waals surface area contributed by atoms with Gasteiger partial charge in [0, 0.05) is 6.54 Å². The molecule has 0 aromatic heterocycles. The predicted octanol–water partition coefficient (Wildman–Crippen LogP) is -0.498. The number of alkyl halides is 2. The number of halogens is 2. The summed E-state index contributed by atoms with van der Waals surface area (Å²) >= 11 is 0. The van der Waals surface area contributed by atoms with E-state index in [0.717, 1.165) is 0 Å².